The lowest BCUT2D eigenvalue weighted by molar-refractivity contribution is 0.306. The van der Waals surface area contributed by atoms with Gasteiger partial charge < -0.3 is 10.1 Å². The van der Waals surface area contributed by atoms with Gasteiger partial charge in [0.1, 0.15) is 29.7 Å². The first kappa shape index (κ1) is 25.3. The highest BCUT2D eigenvalue weighted by Gasteiger charge is 2.33. The number of nitrogens with one attached hydrogen (secondary N) is 1. The Kier molecular flexibility index (Phi) is 7.51. The Hall–Kier alpha value is -3.32. The fourth-order valence-corrected chi connectivity index (χ4v) is 5.59. The van der Waals surface area contributed by atoms with Gasteiger partial charge in [-0.1, -0.05) is 62.2 Å². The number of halogens is 1. The van der Waals surface area contributed by atoms with Gasteiger partial charge in [0.05, 0.1) is 0 Å². The molecule has 37 heavy (non-hydrogen) atoms. The van der Waals surface area contributed by atoms with Crippen LogP contribution in [0.15, 0.2) is 59.4 Å². The van der Waals surface area contributed by atoms with Crippen LogP contribution in [0.5, 0.6) is 5.75 Å². The van der Waals surface area contributed by atoms with Crippen LogP contribution >= 0.6 is 12.4 Å². The lowest BCUT2D eigenvalue weighted by Crippen LogP contribution is -2.32. The minimum Gasteiger partial charge on any atom is -0.489 e. The molecule has 0 bridgehead atoms. The summed E-state index contributed by atoms with van der Waals surface area (Å²) in [4.78, 5) is 23.3. The molecule has 3 heterocycles. The molecule has 3 aliphatic heterocycles. The fourth-order valence-electron chi connectivity index (χ4n) is 5.59. The number of rotatable bonds is 8. The van der Waals surface area contributed by atoms with Crippen molar-refractivity contribution >= 4 is 18.2 Å². The number of fused-ring (bicyclic) bond motifs is 3. The fraction of sp³-hybridized carbons (Fsp3) is 0.414. The van der Waals surface area contributed by atoms with E-state index in [2.05, 4.69) is 36.5 Å². The molecule has 7 nitrogen and oxygen atoms in total. The lowest BCUT2D eigenvalue weighted by Gasteiger charge is -2.13. The molecule has 1 fully saturated rings. The normalized spacial score (nSPS) is 16.9. The van der Waals surface area contributed by atoms with Crippen molar-refractivity contribution in [3.8, 4) is 17.3 Å². The summed E-state index contributed by atoms with van der Waals surface area (Å²) in [6, 6.07) is 18.6. The van der Waals surface area contributed by atoms with E-state index >= 15 is 0 Å². The van der Waals surface area contributed by atoms with Gasteiger partial charge in [-0.25, -0.2) is 14.8 Å². The molecule has 1 N–H and O–H groups in total. The largest absolute Gasteiger partial charge is 0.489 e. The van der Waals surface area contributed by atoms with E-state index in [0.29, 0.717) is 25.6 Å². The predicted octanol–water partition coefficient (Wildman–Crippen LogP) is 5.65. The minimum atomic E-state index is 0. The van der Waals surface area contributed by atoms with Gasteiger partial charge in [-0.2, -0.15) is 0 Å². The molecule has 0 radical (unpaired) electrons. The second-order valence-electron chi connectivity index (χ2n) is 10.1. The van der Waals surface area contributed by atoms with Gasteiger partial charge in [-0.3, -0.25) is 9.13 Å². The van der Waals surface area contributed by atoms with Gasteiger partial charge in [0.2, 0.25) is 0 Å². The highest BCUT2D eigenvalue weighted by Crippen LogP contribution is 2.37. The van der Waals surface area contributed by atoms with E-state index in [9.17, 15) is 4.79 Å². The molecule has 194 valence electrons. The van der Waals surface area contributed by atoms with Crippen LogP contribution in [0.4, 0.5) is 5.82 Å². The Morgan fingerprint density at radius 2 is 1.76 bits per heavy atom. The first-order valence-electron chi connectivity index (χ1n) is 13.2. The Morgan fingerprint density at radius 3 is 2.49 bits per heavy atom. The summed E-state index contributed by atoms with van der Waals surface area (Å²) in [5.41, 5.74) is 3.21. The highest BCUT2D eigenvalue weighted by molar-refractivity contribution is 5.85. The Labute approximate surface area is 223 Å². The third-order valence-electron chi connectivity index (χ3n) is 7.44. The van der Waals surface area contributed by atoms with Crippen molar-refractivity contribution in [3.63, 3.8) is 0 Å². The van der Waals surface area contributed by atoms with Crippen molar-refractivity contribution in [2.45, 2.75) is 77.1 Å². The van der Waals surface area contributed by atoms with Crippen LogP contribution in [0.3, 0.4) is 0 Å². The van der Waals surface area contributed by atoms with E-state index in [-0.39, 0.29) is 24.1 Å². The third-order valence-corrected chi connectivity index (χ3v) is 7.44. The number of hydrogen-bond acceptors (Lipinski definition) is 5. The van der Waals surface area contributed by atoms with E-state index in [1.54, 1.807) is 0 Å². The summed E-state index contributed by atoms with van der Waals surface area (Å²) in [6.07, 6.45) is 6.46. The molecule has 8 heteroatoms. The molecule has 0 spiro atoms. The summed E-state index contributed by atoms with van der Waals surface area (Å²) in [6.45, 7) is 3.94. The van der Waals surface area contributed by atoms with E-state index < -0.39 is 0 Å². The maximum atomic E-state index is 13.4. The summed E-state index contributed by atoms with van der Waals surface area (Å²) < 4.78 is 9.63. The smallest absolute Gasteiger partial charge is 0.331 e. The molecule has 0 amide bonds. The molecular weight excluding hydrogens is 486 g/mol. The molecule has 0 aromatic heterocycles. The van der Waals surface area contributed by atoms with Crippen LogP contribution in [-0.2, 0) is 26.1 Å². The maximum Gasteiger partial charge on any atom is 0.331 e. The quantitative estimate of drug-likeness (QED) is 0.325. The third kappa shape index (κ3) is 5.10. The molecule has 2 aromatic rings. The molecule has 6 rings (SSSR count). The van der Waals surface area contributed by atoms with Crippen molar-refractivity contribution in [3.05, 3.63) is 82.0 Å². The van der Waals surface area contributed by atoms with Crippen molar-refractivity contribution in [2.24, 2.45) is 0 Å². The van der Waals surface area contributed by atoms with Gasteiger partial charge in [-0.05, 0) is 48.9 Å². The highest BCUT2D eigenvalue weighted by atomic mass is 35.5. The van der Waals surface area contributed by atoms with Gasteiger partial charge in [0.25, 0.3) is 0 Å². The average molecular weight is 520 g/mol. The molecule has 2 aromatic carbocycles. The predicted molar refractivity (Wildman–Crippen MR) is 148 cm³/mol. The number of aromatic nitrogens is 4. The average Bonchev–Trinajstić information content (AvgIpc) is 3.66. The Bertz CT molecular complexity index is 1360. The number of hydrogen-bond donors (Lipinski definition) is 1. The SMILES string of the molecule is CCCn1c2nc(C3CCCC3)nc-2c2n(c1=O)C[C@@H](Cc1ccc(OCc3ccccc3)cc1)N2.Cl. The van der Waals surface area contributed by atoms with Crippen molar-refractivity contribution in [1.82, 2.24) is 19.1 Å². The van der Waals surface area contributed by atoms with Crippen LogP contribution in [0.1, 0.15) is 61.9 Å². The second-order valence-corrected chi connectivity index (χ2v) is 10.1. The molecule has 1 saturated carbocycles. The number of ether oxygens (including phenoxy) is 1. The molecule has 0 saturated heterocycles. The topological polar surface area (TPSA) is 74.0 Å². The van der Waals surface area contributed by atoms with Crippen LogP contribution < -0.4 is 15.7 Å². The lowest BCUT2D eigenvalue weighted by atomic mass is 10.1. The van der Waals surface area contributed by atoms with Gasteiger partial charge >= 0.3 is 5.69 Å². The van der Waals surface area contributed by atoms with Gasteiger partial charge in [-0.15, -0.1) is 12.4 Å². The number of benzene rings is 2. The maximum absolute atomic E-state index is 13.4. The molecule has 4 aliphatic rings. The first-order chi connectivity index (χ1) is 17.7. The van der Waals surface area contributed by atoms with Crippen LogP contribution in [0.25, 0.3) is 11.5 Å². The molecule has 1 aliphatic carbocycles. The number of imidazole rings is 1. The van der Waals surface area contributed by atoms with E-state index in [1.807, 2.05) is 39.5 Å². The summed E-state index contributed by atoms with van der Waals surface area (Å²) >= 11 is 0. The Morgan fingerprint density at radius 1 is 1.00 bits per heavy atom. The minimum absolute atomic E-state index is 0. The van der Waals surface area contributed by atoms with Crippen molar-refractivity contribution in [1.29, 1.82) is 0 Å². The molecule has 0 unspecified atom stereocenters. The summed E-state index contributed by atoms with van der Waals surface area (Å²) in [5.74, 6) is 3.76. The van der Waals surface area contributed by atoms with Crippen molar-refractivity contribution < 1.29 is 4.74 Å². The van der Waals surface area contributed by atoms with Gasteiger partial charge in [0.15, 0.2) is 5.82 Å². The monoisotopic (exact) mass is 519 g/mol. The van der Waals surface area contributed by atoms with E-state index in [1.165, 1.54) is 18.4 Å². The van der Waals surface area contributed by atoms with Crippen LogP contribution in [0.2, 0.25) is 0 Å². The van der Waals surface area contributed by atoms with E-state index in [4.69, 9.17) is 14.7 Å². The van der Waals surface area contributed by atoms with Gasteiger partial charge in [0, 0.05) is 25.0 Å². The summed E-state index contributed by atoms with van der Waals surface area (Å²) in [5, 5.41) is 3.62. The zero-order valence-corrected chi connectivity index (χ0v) is 22.0. The van der Waals surface area contributed by atoms with E-state index in [0.717, 1.165) is 60.2 Å². The standard InChI is InChI=1S/C29H33N5O2.ClH/c1-2-16-33-28-25(31-26(32-28)22-10-6-7-11-22)27-30-23(18-34(27)29(33)35)17-20-12-14-24(15-13-20)36-19-21-8-4-3-5-9-21;/h3-5,8-9,12-15,22-23,30H,2,6-7,10-11,16-19H2,1H3;1H/t23-;/m1./s1. The zero-order valence-electron chi connectivity index (χ0n) is 21.2. The number of anilines is 1. The van der Waals surface area contributed by atoms with Crippen molar-refractivity contribution in [2.75, 3.05) is 5.32 Å². The Balaban J connectivity index is 0.00000280. The zero-order chi connectivity index (χ0) is 24.5. The number of nitrogens with zero attached hydrogens (tertiary/aromatic N) is 4. The molecule has 1 atom stereocenters. The van der Waals surface area contributed by atoms with Crippen LogP contribution in [-0.4, -0.2) is 25.1 Å². The summed E-state index contributed by atoms with van der Waals surface area (Å²) in [7, 11) is 0. The molecular formula is C29H34ClN5O2. The second kappa shape index (κ2) is 11.0. The first-order valence-corrected chi connectivity index (χ1v) is 13.2. The van der Waals surface area contributed by atoms with Crippen LogP contribution in [0, 0.1) is 0 Å².